The van der Waals surface area contributed by atoms with Crippen molar-refractivity contribution in [2.24, 2.45) is 11.3 Å². The summed E-state index contributed by atoms with van der Waals surface area (Å²) in [6.45, 7) is 7.26. The van der Waals surface area contributed by atoms with Crippen LogP contribution in [0.4, 0.5) is 0 Å². The van der Waals surface area contributed by atoms with Gasteiger partial charge in [0.25, 0.3) is 0 Å². The molecule has 0 saturated heterocycles. The van der Waals surface area contributed by atoms with Crippen molar-refractivity contribution in [3.8, 4) is 0 Å². The lowest BCUT2D eigenvalue weighted by Crippen LogP contribution is -2.18. The number of aromatic nitrogens is 2. The zero-order valence-corrected chi connectivity index (χ0v) is 10.5. The van der Waals surface area contributed by atoms with Crippen molar-refractivity contribution in [3.05, 3.63) is 17.0 Å². The zero-order valence-electron chi connectivity index (χ0n) is 10.5. The van der Waals surface area contributed by atoms with Crippen molar-refractivity contribution in [1.29, 1.82) is 0 Å². The maximum atomic E-state index is 11.2. The second-order valence-corrected chi connectivity index (χ2v) is 6.54. The molecule has 0 aromatic carbocycles. The first-order chi connectivity index (χ1) is 7.87. The first-order valence-corrected chi connectivity index (χ1v) is 6.20. The molecule has 1 N–H and O–H groups in total. The maximum Gasteiger partial charge on any atom is 0.356 e. The summed E-state index contributed by atoms with van der Waals surface area (Å²) >= 11 is 0. The zero-order chi connectivity index (χ0) is 12.4. The third kappa shape index (κ3) is 1.66. The Kier molecular flexibility index (Phi) is 1.98. The van der Waals surface area contributed by atoms with Crippen molar-refractivity contribution >= 4 is 5.97 Å². The molecule has 2 aliphatic carbocycles. The summed E-state index contributed by atoms with van der Waals surface area (Å²) in [4.78, 5) is 11.2. The standard InChI is InChI=1S/C13H18N2O2/c1-13(2,3)6-15-11-8-4-7(8)5-9(11)10(14-15)12(16)17/h7-8H,4-6H2,1-3H3,(H,16,17)/t7-,8-/m1/s1. The molecule has 3 rings (SSSR count). The summed E-state index contributed by atoms with van der Waals surface area (Å²) < 4.78 is 1.95. The number of hydrogen-bond acceptors (Lipinski definition) is 2. The largest absolute Gasteiger partial charge is 0.476 e. The summed E-state index contributed by atoms with van der Waals surface area (Å²) in [6.07, 6.45) is 2.15. The summed E-state index contributed by atoms with van der Waals surface area (Å²) in [7, 11) is 0. The van der Waals surface area contributed by atoms with Gasteiger partial charge in [0.2, 0.25) is 0 Å². The smallest absolute Gasteiger partial charge is 0.356 e. The second-order valence-electron chi connectivity index (χ2n) is 6.54. The highest BCUT2D eigenvalue weighted by Crippen LogP contribution is 2.57. The quantitative estimate of drug-likeness (QED) is 0.854. The number of carboxylic acid groups (broad SMARTS) is 1. The minimum Gasteiger partial charge on any atom is -0.476 e. The number of carboxylic acids is 1. The predicted molar refractivity (Wildman–Crippen MR) is 63.2 cm³/mol. The van der Waals surface area contributed by atoms with Crippen LogP contribution in [0.1, 0.15) is 54.9 Å². The van der Waals surface area contributed by atoms with E-state index in [-0.39, 0.29) is 11.1 Å². The number of hydrogen-bond donors (Lipinski definition) is 1. The van der Waals surface area contributed by atoms with Crippen molar-refractivity contribution in [2.45, 2.75) is 46.1 Å². The minimum atomic E-state index is -0.879. The Labute approximate surface area is 101 Å². The number of nitrogens with zero attached hydrogens (tertiary/aromatic N) is 2. The Morgan fingerprint density at radius 3 is 2.82 bits per heavy atom. The Morgan fingerprint density at radius 2 is 2.24 bits per heavy atom. The number of carbonyl (C=O) groups is 1. The summed E-state index contributed by atoms with van der Waals surface area (Å²) in [6, 6.07) is 0. The van der Waals surface area contributed by atoms with Crippen LogP contribution in [0.15, 0.2) is 0 Å². The third-order valence-corrected chi connectivity index (χ3v) is 3.66. The van der Waals surface area contributed by atoms with Crippen LogP contribution < -0.4 is 0 Å². The second kappa shape index (κ2) is 3.12. The van der Waals surface area contributed by atoms with Gasteiger partial charge in [-0.25, -0.2) is 4.79 Å². The van der Waals surface area contributed by atoms with Gasteiger partial charge in [0.15, 0.2) is 5.69 Å². The first-order valence-electron chi connectivity index (χ1n) is 6.20. The van der Waals surface area contributed by atoms with Crippen LogP contribution in [0.5, 0.6) is 0 Å². The molecule has 0 bridgehead atoms. The molecule has 1 aromatic heterocycles. The molecule has 0 spiro atoms. The molecule has 2 atom stereocenters. The normalized spacial score (nSPS) is 25.6. The van der Waals surface area contributed by atoms with Crippen molar-refractivity contribution < 1.29 is 9.90 Å². The van der Waals surface area contributed by atoms with E-state index in [0.29, 0.717) is 11.8 Å². The lowest BCUT2D eigenvalue weighted by Gasteiger charge is -2.19. The summed E-state index contributed by atoms with van der Waals surface area (Å²) in [5.41, 5.74) is 2.63. The molecule has 2 aliphatic rings. The van der Waals surface area contributed by atoms with Gasteiger partial charge in [-0.05, 0) is 24.2 Å². The molecule has 0 radical (unpaired) electrons. The molecular formula is C13H18N2O2. The fourth-order valence-corrected chi connectivity index (χ4v) is 2.94. The highest BCUT2D eigenvalue weighted by atomic mass is 16.4. The van der Waals surface area contributed by atoms with Gasteiger partial charge in [-0.15, -0.1) is 0 Å². The van der Waals surface area contributed by atoms with Crippen LogP contribution in [0.3, 0.4) is 0 Å². The highest BCUT2D eigenvalue weighted by molar-refractivity contribution is 5.88. The van der Waals surface area contributed by atoms with Gasteiger partial charge >= 0.3 is 5.97 Å². The molecule has 0 aliphatic heterocycles. The van der Waals surface area contributed by atoms with E-state index in [1.807, 2.05) is 4.68 Å². The molecule has 1 saturated carbocycles. The van der Waals surface area contributed by atoms with Gasteiger partial charge in [0, 0.05) is 23.7 Å². The Bertz CT molecular complexity index is 496. The van der Waals surface area contributed by atoms with Gasteiger partial charge < -0.3 is 5.11 Å². The van der Waals surface area contributed by atoms with Crippen LogP contribution in [0.25, 0.3) is 0 Å². The third-order valence-electron chi connectivity index (χ3n) is 3.66. The lowest BCUT2D eigenvalue weighted by atomic mass is 9.97. The summed E-state index contributed by atoms with van der Waals surface area (Å²) in [5, 5.41) is 13.5. The highest BCUT2D eigenvalue weighted by Gasteiger charge is 2.50. The fourth-order valence-electron chi connectivity index (χ4n) is 2.94. The van der Waals surface area contributed by atoms with E-state index >= 15 is 0 Å². The van der Waals surface area contributed by atoms with E-state index in [0.717, 1.165) is 18.5 Å². The Morgan fingerprint density at radius 1 is 1.53 bits per heavy atom. The van der Waals surface area contributed by atoms with Crippen LogP contribution in [-0.4, -0.2) is 20.9 Å². The van der Waals surface area contributed by atoms with Crippen LogP contribution >= 0.6 is 0 Å². The SMILES string of the molecule is CC(C)(C)Cn1nc(C(=O)O)c2c1[C@@H]1C[C@@H]1C2. The fraction of sp³-hybridized carbons (Fsp3) is 0.692. The number of fused-ring (bicyclic) bond motifs is 3. The maximum absolute atomic E-state index is 11.2. The monoisotopic (exact) mass is 234 g/mol. The minimum absolute atomic E-state index is 0.128. The first kappa shape index (κ1) is 10.8. The molecule has 1 heterocycles. The van der Waals surface area contributed by atoms with Gasteiger partial charge in [0.1, 0.15) is 0 Å². The average molecular weight is 234 g/mol. The molecule has 17 heavy (non-hydrogen) atoms. The van der Waals surface area contributed by atoms with E-state index in [1.165, 1.54) is 12.1 Å². The van der Waals surface area contributed by atoms with E-state index in [2.05, 4.69) is 25.9 Å². The van der Waals surface area contributed by atoms with Gasteiger partial charge in [-0.2, -0.15) is 5.10 Å². The van der Waals surface area contributed by atoms with Gasteiger partial charge in [0.05, 0.1) is 0 Å². The molecule has 1 aromatic rings. The van der Waals surface area contributed by atoms with Crippen molar-refractivity contribution in [1.82, 2.24) is 9.78 Å². The average Bonchev–Trinajstić information content (AvgIpc) is 2.68. The van der Waals surface area contributed by atoms with Crippen LogP contribution in [0.2, 0.25) is 0 Å². The van der Waals surface area contributed by atoms with E-state index in [1.54, 1.807) is 0 Å². The lowest BCUT2D eigenvalue weighted by molar-refractivity contribution is 0.0687. The molecule has 4 nitrogen and oxygen atoms in total. The number of aromatic carboxylic acids is 1. The molecule has 92 valence electrons. The molecule has 0 unspecified atom stereocenters. The molecule has 1 fully saturated rings. The van der Waals surface area contributed by atoms with E-state index in [9.17, 15) is 9.90 Å². The van der Waals surface area contributed by atoms with Crippen molar-refractivity contribution in [2.75, 3.05) is 0 Å². The topological polar surface area (TPSA) is 55.1 Å². The summed E-state index contributed by atoms with van der Waals surface area (Å²) in [5.74, 6) is 0.412. The number of rotatable bonds is 2. The van der Waals surface area contributed by atoms with Crippen LogP contribution in [-0.2, 0) is 13.0 Å². The predicted octanol–water partition coefficient (Wildman–Crippen LogP) is 2.29. The molecule has 4 heteroatoms. The molecule has 0 amide bonds. The Hall–Kier alpha value is -1.32. The van der Waals surface area contributed by atoms with Crippen LogP contribution in [0, 0.1) is 11.3 Å². The Balaban J connectivity index is 2.04. The molecular weight excluding hydrogens is 216 g/mol. The van der Waals surface area contributed by atoms with Crippen molar-refractivity contribution in [3.63, 3.8) is 0 Å². The van der Waals surface area contributed by atoms with E-state index < -0.39 is 5.97 Å². The van der Waals surface area contributed by atoms with Gasteiger partial charge in [-0.3, -0.25) is 4.68 Å². The van der Waals surface area contributed by atoms with E-state index in [4.69, 9.17) is 0 Å². The van der Waals surface area contributed by atoms with Gasteiger partial charge in [-0.1, -0.05) is 20.8 Å².